The van der Waals surface area contributed by atoms with Crippen molar-refractivity contribution in [2.24, 2.45) is 17.2 Å². The van der Waals surface area contributed by atoms with Gasteiger partial charge in [-0.2, -0.15) is 0 Å². The van der Waals surface area contributed by atoms with E-state index in [1.807, 2.05) is 6.92 Å². The molecule has 1 unspecified atom stereocenters. The van der Waals surface area contributed by atoms with Gasteiger partial charge in [-0.3, -0.25) is 14.4 Å². The SMILES string of the molecule is CC[C@@H](C(N)=O)N1CCCC1=O.NCCCCC(N)C(=O)O. The minimum Gasteiger partial charge on any atom is -0.480 e. The Balaban J connectivity index is 0.000000409. The molecule has 0 aromatic heterocycles. The van der Waals surface area contributed by atoms with Crippen molar-refractivity contribution in [3.63, 3.8) is 0 Å². The number of carbonyl (C=O) groups excluding carboxylic acids is 2. The zero-order chi connectivity index (χ0) is 17.1. The van der Waals surface area contributed by atoms with Crippen molar-refractivity contribution in [2.75, 3.05) is 13.1 Å². The molecule has 1 saturated heterocycles. The molecule has 1 rings (SSSR count). The molecule has 0 aromatic rings. The number of primary amides is 1. The van der Waals surface area contributed by atoms with Crippen molar-refractivity contribution >= 4 is 17.8 Å². The molecule has 22 heavy (non-hydrogen) atoms. The summed E-state index contributed by atoms with van der Waals surface area (Å²) in [6, 6.07) is -1.11. The second-order valence-corrected chi connectivity index (χ2v) is 5.25. The van der Waals surface area contributed by atoms with Crippen LogP contribution < -0.4 is 17.2 Å². The van der Waals surface area contributed by atoms with Gasteiger partial charge in [-0.1, -0.05) is 13.3 Å². The number of nitrogens with two attached hydrogens (primary N) is 3. The number of hydrogen-bond acceptors (Lipinski definition) is 5. The molecule has 7 N–H and O–H groups in total. The molecule has 1 fully saturated rings. The van der Waals surface area contributed by atoms with Crippen LogP contribution in [-0.4, -0.2) is 53.0 Å². The fourth-order valence-electron chi connectivity index (χ4n) is 2.21. The standard InChI is InChI=1S/C8H14N2O2.C6H14N2O2/c1-2-6(8(9)12)10-5-3-4-7(10)11;7-4-2-1-3-5(8)6(9)10/h6H,2-5H2,1H3,(H2,9,12);5H,1-4,7-8H2,(H,9,10)/t6-;/m0./s1. The van der Waals surface area contributed by atoms with Crippen LogP contribution in [0.5, 0.6) is 0 Å². The summed E-state index contributed by atoms with van der Waals surface area (Å²) in [5.41, 5.74) is 15.6. The van der Waals surface area contributed by atoms with Crippen molar-refractivity contribution in [2.45, 2.75) is 57.5 Å². The van der Waals surface area contributed by atoms with E-state index in [2.05, 4.69) is 0 Å². The molecule has 0 bridgehead atoms. The average molecular weight is 316 g/mol. The third-order valence-electron chi connectivity index (χ3n) is 3.49. The first-order valence-electron chi connectivity index (χ1n) is 7.62. The highest BCUT2D eigenvalue weighted by molar-refractivity contribution is 5.87. The molecule has 2 atom stereocenters. The molecular formula is C14H28N4O4. The number of nitrogens with zero attached hydrogens (tertiary/aromatic N) is 1. The summed E-state index contributed by atoms with van der Waals surface area (Å²) in [6.07, 6.45) is 4.19. The Morgan fingerprint density at radius 3 is 2.36 bits per heavy atom. The van der Waals surface area contributed by atoms with Crippen LogP contribution in [-0.2, 0) is 14.4 Å². The molecule has 0 spiro atoms. The molecule has 2 amide bonds. The summed E-state index contributed by atoms with van der Waals surface area (Å²) >= 11 is 0. The molecule has 1 heterocycles. The Morgan fingerprint density at radius 1 is 1.36 bits per heavy atom. The van der Waals surface area contributed by atoms with Crippen molar-refractivity contribution in [1.82, 2.24) is 4.90 Å². The van der Waals surface area contributed by atoms with Gasteiger partial charge < -0.3 is 27.2 Å². The highest BCUT2D eigenvalue weighted by atomic mass is 16.4. The number of carboxylic acid groups (broad SMARTS) is 1. The number of unbranched alkanes of at least 4 members (excludes halogenated alkanes) is 1. The summed E-state index contributed by atoms with van der Waals surface area (Å²) in [6.45, 7) is 3.15. The number of likely N-dealkylation sites (tertiary alicyclic amines) is 1. The third-order valence-corrected chi connectivity index (χ3v) is 3.49. The fraction of sp³-hybridized carbons (Fsp3) is 0.786. The number of hydrogen-bond donors (Lipinski definition) is 4. The highest BCUT2D eigenvalue weighted by Gasteiger charge is 2.29. The molecule has 8 heteroatoms. The van der Waals surface area contributed by atoms with Crippen molar-refractivity contribution in [1.29, 1.82) is 0 Å². The second kappa shape index (κ2) is 11.0. The van der Waals surface area contributed by atoms with Crippen LogP contribution in [0.3, 0.4) is 0 Å². The topological polar surface area (TPSA) is 153 Å². The predicted octanol–water partition coefficient (Wildman–Crippen LogP) is -0.600. The Morgan fingerprint density at radius 2 is 2.00 bits per heavy atom. The molecular weight excluding hydrogens is 288 g/mol. The van der Waals surface area contributed by atoms with Crippen LogP contribution >= 0.6 is 0 Å². The van der Waals surface area contributed by atoms with Crippen LogP contribution in [0.2, 0.25) is 0 Å². The van der Waals surface area contributed by atoms with E-state index in [4.69, 9.17) is 22.3 Å². The lowest BCUT2D eigenvalue weighted by Gasteiger charge is -2.23. The van der Waals surface area contributed by atoms with E-state index in [1.54, 1.807) is 4.90 Å². The molecule has 8 nitrogen and oxygen atoms in total. The van der Waals surface area contributed by atoms with Crippen LogP contribution in [0.25, 0.3) is 0 Å². The molecule has 0 radical (unpaired) electrons. The maximum absolute atomic E-state index is 11.2. The zero-order valence-electron chi connectivity index (χ0n) is 13.2. The smallest absolute Gasteiger partial charge is 0.320 e. The normalized spacial score (nSPS) is 16.7. The van der Waals surface area contributed by atoms with Gasteiger partial charge in [-0.05, 0) is 32.2 Å². The summed E-state index contributed by atoms with van der Waals surface area (Å²) < 4.78 is 0. The summed E-state index contributed by atoms with van der Waals surface area (Å²) in [5.74, 6) is -1.27. The molecule has 128 valence electrons. The largest absolute Gasteiger partial charge is 0.480 e. The first-order chi connectivity index (χ1) is 10.3. The number of carboxylic acids is 1. The Labute approximate surface area is 131 Å². The van der Waals surface area contributed by atoms with Crippen LogP contribution in [0.1, 0.15) is 45.4 Å². The van der Waals surface area contributed by atoms with Gasteiger partial charge in [-0.25, -0.2) is 0 Å². The van der Waals surface area contributed by atoms with Gasteiger partial charge in [0.25, 0.3) is 0 Å². The van der Waals surface area contributed by atoms with E-state index in [0.717, 1.165) is 19.3 Å². The maximum Gasteiger partial charge on any atom is 0.320 e. The number of carbonyl (C=O) groups is 3. The van der Waals surface area contributed by atoms with Crippen molar-refractivity contribution in [3.8, 4) is 0 Å². The summed E-state index contributed by atoms with van der Waals surface area (Å²) in [7, 11) is 0. The van der Waals surface area contributed by atoms with Gasteiger partial charge in [0.2, 0.25) is 11.8 Å². The minimum atomic E-state index is -0.933. The number of amides is 2. The van der Waals surface area contributed by atoms with Gasteiger partial charge in [-0.15, -0.1) is 0 Å². The second-order valence-electron chi connectivity index (χ2n) is 5.25. The molecule has 0 aromatic carbocycles. The Hall–Kier alpha value is -1.67. The summed E-state index contributed by atoms with van der Waals surface area (Å²) in [4.78, 5) is 33.8. The highest BCUT2D eigenvalue weighted by Crippen LogP contribution is 2.15. The summed E-state index contributed by atoms with van der Waals surface area (Å²) in [5, 5.41) is 8.33. The lowest BCUT2D eigenvalue weighted by molar-refractivity contribution is -0.138. The van der Waals surface area contributed by atoms with Crippen molar-refractivity contribution in [3.05, 3.63) is 0 Å². The first-order valence-corrected chi connectivity index (χ1v) is 7.62. The molecule has 0 aliphatic carbocycles. The van der Waals surface area contributed by atoms with Gasteiger partial charge in [0, 0.05) is 13.0 Å². The van der Waals surface area contributed by atoms with Gasteiger partial charge in [0.05, 0.1) is 0 Å². The van der Waals surface area contributed by atoms with E-state index in [-0.39, 0.29) is 11.9 Å². The molecule has 0 saturated carbocycles. The predicted molar refractivity (Wildman–Crippen MR) is 82.7 cm³/mol. The zero-order valence-corrected chi connectivity index (χ0v) is 13.2. The molecule has 1 aliphatic heterocycles. The average Bonchev–Trinajstić information content (AvgIpc) is 2.86. The van der Waals surface area contributed by atoms with Gasteiger partial charge in [0.15, 0.2) is 0 Å². The van der Waals surface area contributed by atoms with Gasteiger partial charge in [0.1, 0.15) is 12.1 Å². The first kappa shape index (κ1) is 20.3. The van der Waals surface area contributed by atoms with E-state index >= 15 is 0 Å². The molecule has 1 aliphatic rings. The lowest BCUT2D eigenvalue weighted by atomic mass is 10.1. The minimum absolute atomic E-state index is 0.0562. The van der Waals surface area contributed by atoms with E-state index < -0.39 is 17.9 Å². The van der Waals surface area contributed by atoms with E-state index in [9.17, 15) is 14.4 Å². The van der Waals surface area contributed by atoms with Crippen LogP contribution in [0, 0.1) is 0 Å². The number of aliphatic carboxylic acids is 1. The van der Waals surface area contributed by atoms with Gasteiger partial charge >= 0.3 is 5.97 Å². The van der Waals surface area contributed by atoms with E-state index in [1.165, 1.54) is 0 Å². The van der Waals surface area contributed by atoms with Crippen LogP contribution in [0.15, 0.2) is 0 Å². The Kier molecular flexibility index (Phi) is 10.1. The quantitative estimate of drug-likeness (QED) is 0.439. The van der Waals surface area contributed by atoms with Crippen LogP contribution in [0.4, 0.5) is 0 Å². The maximum atomic E-state index is 11.2. The van der Waals surface area contributed by atoms with Crippen molar-refractivity contribution < 1.29 is 19.5 Å². The Bertz CT molecular complexity index is 376. The fourth-order valence-corrected chi connectivity index (χ4v) is 2.21. The third kappa shape index (κ3) is 7.37. The monoisotopic (exact) mass is 316 g/mol. The lowest BCUT2D eigenvalue weighted by Crippen LogP contribution is -2.44. The number of rotatable bonds is 8. The van der Waals surface area contributed by atoms with E-state index in [0.29, 0.717) is 32.4 Å².